The van der Waals surface area contributed by atoms with Gasteiger partial charge >= 0.3 is 5.97 Å². The molecule has 0 saturated carbocycles. The van der Waals surface area contributed by atoms with E-state index in [-0.39, 0.29) is 22.2 Å². The fourth-order valence-corrected chi connectivity index (χ4v) is 6.17. The molecule has 11 heteroatoms. The Morgan fingerprint density at radius 3 is 2.61 bits per heavy atom. The zero-order valence-electron chi connectivity index (χ0n) is 15.0. The molecule has 2 heterocycles. The summed E-state index contributed by atoms with van der Waals surface area (Å²) in [5.74, 6) is 0.174. The predicted octanol–water partition coefficient (Wildman–Crippen LogP) is 3.67. The van der Waals surface area contributed by atoms with Crippen LogP contribution in [-0.4, -0.2) is 32.2 Å². The van der Waals surface area contributed by atoms with Gasteiger partial charge in [-0.2, -0.15) is 8.42 Å². The van der Waals surface area contributed by atoms with E-state index in [1.807, 2.05) is 6.92 Å². The molecular weight excluding hydrogens is 444 g/mol. The second kappa shape index (κ2) is 8.64. The number of nitrogens with zero attached hydrogens (tertiary/aromatic N) is 2. The van der Waals surface area contributed by atoms with Crippen LogP contribution in [0, 0.1) is 0 Å². The van der Waals surface area contributed by atoms with E-state index in [2.05, 4.69) is 4.40 Å². The fraction of sp³-hybridized carbons (Fsp3) is 0.294. The number of hydrogen-bond acceptors (Lipinski definition) is 7. The van der Waals surface area contributed by atoms with Gasteiger partial charge in [-0.25, -0.2) is 0 Å². The van der Waals surface area contributed by atoms with Gasteiger partial charge in [-0.1, -0.05) is 22.9 Å². The van der Waals surface area contributed by atoms with E-state index in [0.717, 1.165) is 27.4 Å². The molecule has 150 valence electrons. The van der Waals surface area contributed by atoms with Crippen LogP contribution in [0.5, 0.6) is 5.75 Å². The molecule has 3 aromatic rings. The first-order valence-corrected chi connectivity index (χ1v) is 11.8. The maximum absolute atomic E-state index is 12.7. The van der Waals surface area contributed by atoms with Crippen molar-refractivity contribution in [1.82, 2.24) is 4.57 Å². The Kier molecular flexibility index (Phi) is 6.43. The van der Waals surface area contributed by atoms with Gasteiger partial charge in [0.2, 0.25) is 4.80 Å². The van der Waals surface area contributed by atoms with E-state index in [4.69, 9.17) is 21.1 Å². The summed E-state index contributed by atoms with van der Waals surface area (Å²) in [7, 11) is -3.97. The maximum Gasteiger partial charge on any atom is 0.326 e. The number of esters is 1. The zero-order valence-corrected chi connectivity index (χ0v) is 18.3. The van der Waals surface area contributed by atoms with E-state index in [0.29, 0.717) is 22.2 Å². The number of thiophene rings is 1. The number of fused-ring (bicyclic) bond motifs is 1. The Bertz CT molecular complexity index is 1180. The molecule has 0 spiro atoms. The lowest BCUT2D eigenvalue weighted by atomic mass is 10.3. The molecule has 3 rings (SSSR count). The van der Waals surface area contributed by atoms with Gasteiger partial charge in [-0.05, 0) is 44.2 Å². The van der Waals surface area contributed by atoms with Crippen molar-refractivity contribution in [1.29, 1.82) is 0 Å². The fourth-order valence-electron chi connectivity index (χ4n) is 2.45. The van der Waals surface area contributed by atoms with E-state index in [9.17, 15) is 13.2 Å². The Labute approximate surface area is 174 Å². The number of hydrogen-bond donors (Lipinski definition) is 0. The molecule has 0 bridgehead atoms. The molecule has 0 aliphatic heterocycles. The molecule has 0 saturated heterocycles. The SMILES string of the molecule is CCOC(=O)Cn1/c(=N/S(=O)(=O)c2ccc(Cl)s2)sc2cc(OCC)ccc21. The number of carbonyl (C=O) groups is 1. The second-order valence-electron chi connectivity index (χ2n) is 5.46. The van der Waals surface area contributed by atoms with Crippen molar-refractivity contribution in [3.05, 3.63) is 39.5 Å². The van der Waals surface area contributed by atoms with Crippen molar-refractivity contribution >= 4 is 60.5 Å². The van der Waals surface area contributed by atoms with Gasteiger partial charge in [0.25, 0.3) is 10.0 Å². The van der Waals surface area contributed by atoms with Crippen LogP contribution in [0.2, 0.25) is 4.34 Å². The van der Waals surface area contributed by atoms with E-state index in [1.54, 1.807) is 25.1 Å². The summed E-state index contributed by atoms with van der Waals surface area (Å²) >= 11 is 7.93. The van der Waals surface area contributed by atoms with Gasteiger partial charge in [0.15, 0.2) is 0 Å². The Balaban J connectivity index is 2.17. The van der Waals surface area contributed by atoms with Crippen LogP contribution in [0.1, 0.15) is 13.8 Å². The second-order valence-corrected chi connectivity index (χ2v) is 10.0. The largest absolute Gasteiger partial charge is 0.494 e. The lowest BCUT2D eigenvalue weighted by Crippen LogP contribution is -2.23. The highest BCUT2D eigenvalue weighted by atomic mass is 35.5. The van der Waals surface area contributed by atoms with Crippen LogP contribution < -0.4 is 9.54 Å². The maximum atomic E-state index is 12.7. The molecule has 2 aromatic heterocycles. The van der Waals surface area contributed by atoms with Gasteiger partial charge in [0, 0.05) is 0 Å². The van der Waals surface area contributed by atoms with Crippen molar-refractivity contribution in [3.8, 4) is 5.75 Å². The average Bonchev–Trinajstić information content (AvgIpc) is 3.20. The Hall–Kier alpha value is -1.88. The summed E-state index contributed by atoms with van der Waals surface area (Å²) in [6.07, 6.45) is 0. The molecular formula is C17H17ClN2O5S3. The first-order valence-electron chi connectivity index (χ1n) is 8.32. The molecule has 0 N–H and O–H groups in total. The summed E-state index contributed by atoms with van der Waals surface area (Å²) in [5, 5.41) is 0. The van der Waals surface area contributed by atoms with Crippen molar-refractivity contribution in [3.63, 3.8) is 0 Å². The third-order valence-corrected chi connectivity index (χ3v) is 7.68. The molecule has 0 radical (unpaired) electrons. The van der Waals surface area contributed by atoms with Crippen LogP contribution in [0.15, 0.2) is 38.9 Å². The zero-order chi connectivity index (χ0) is 20.3. The lowest BCUT2D eigenvalue weighted by molar-refractivity contribution is -0.143. The summed E-state index contributed by atoms with van der Waals surface area (Å²) < 4.78 is 42.5. The van der Waals surface area contributed by atoms with Crippen LogP contribution in [0.25, 0.3) is 10.2 Å². The van der Waals surface area contributed by atoms with Crippen LogP contribution in [0.4, 0.5) is 0 Å². The number of carbonyl (C=O) groups excluding carboxylic acids is 1. The molecule has 7 nitrogen and oxygen atoms in total. The minimum atomic E-state index is -3.97. The number of aromatic nitrogens is 1. The summed E-state index contributed by atoms with van der Waals surface area (Å²) in [5.41, 5.74) is 0.666. The number of sulfonamides is 1. The number of thiazole rings is 1. The van der Waals surface area contributed by atoms with Gasteiger partial charge < -0.3 is 14.0 Å². The highest BCUT2D eigenvalue weighted by Crippen LogP contribution is 2.28. The van der Waals surface area contributed by atoms with E-state index >= 15 is 0 Å². The normalized spacial score (nSPS) is 12.5. The third kappa shape index (κ3) is 4.57. The average molecular weight is 461 g/mol. The highest BCUT2D eigenvalue weighted by molar-refractivity contribution is 7.92. The van der Waals surface area contributed by atoms with Crippen LogP contribution in [-0.2, 0) is 26.1 Å². The van der Waals surface area contributed by atoms with Crippen molar-refractivity contribution in [2.75, 3.05) is 13.2 Å². The summed E-state index contributed by atoms with van der Waals surface area (Å²) in [6.45, 7) is 4.16. The van der Waals surface area contributed by atoms with Gasteiger partial charge in [-0.3, -0.25) is 4.79 Å². The number of halogens is 1. The minimum Gasteiger partial charge on any atom is -0.494 e. The van der Waals surface area contributed by atoms with Crippen LogP contribution >= 0.6 is 34.3 Å². The molecule has 0 amide bonds. The number of benzene rings is 1. The highest BCUT2D eigenvalue weighted by Gasteiger charge is 2.18. The van der Waals surface area contributed by atoms with Gasteiger partial charge in [0.1, 0.15) is 16.5 Å². The van der Waals surface area contributed by atoms with E-state index in [1.165, 1.54) is 16.7 Å². The monoisotopic (exact) mass is 460 g/mol. The molecule has 0 aliphatic rings. The first-order chi connectivity index (χ1) is 13.3. The lowest BCUT2D eigenvalue weighted by Gasteiger charge is -2.06. The van der Waals surface area contributed by atoms with Crippen LogP contribution in [0.3, 0.4) is 0 Å². The quantitative estimate of drug-likeness (QED) is 0.502. The molecule has 0 fully saturated rings. The molecule has 0 atom stereocenters. The third-order valence-electron chi connectivity index (χ3n) is 3.56. The summed E-state index contributed by atoms with van der Waals surface area (Å²) in [4.78, 5) is 12.2. The first kappa shape index (κ1) is 20.8. The molecule has 28 heavy (non-hydrogen) atoms. The topological polar surface area (TPSA) is 87.0 Å². The Morgan fingerprint density at radius 2 is 1.96 bits per heavy atom. The molecule has 1 aromatic carbocycles. The van der Waals surface area contributed by atoms with Gasteiger partial charge in [0.05, 0.1) is 27.8 Å². The van der Waals surface area contributed by atoms with Crippen molar-refractivity contribution in [2.24, 2.45) is 4.40 Å². The van der Waals surface area contributed by atoms with Gasteiger partial charge in [-0.15, -0.1) is 15.7 Å². The number of rotatable bonds is 7. The smallest absolute Gasteiger partial charge is 0.326 e. The molecule has 0 unspecified atom stereocenters. The van der Waals surface area contributed by atoms with Crippen molar-refractivity contribution < 1.29 is 22.7 Å². The standard InChI is InChI=1S/C17H17ClN2O5S3/c1-3-24-11-5-6-12-13(9-11)26-17(20(12)10-15(21)25-4-2)19-28(22,23)16-8-7-14(18)27-16/h5-9H,3-4,10H2,1-2H3/b19-17-. The Morgan fingerprint density at radius 1 is 1.18 bits per heavy atom. The summed E-state index contributed by atoms with van der Waals surface area (Å²) in [6, 6.07) is 8.22. The predicted molar refractivity (Wildman–Crippen MR) is 110 cm³/mol. The number of ether oxygens (including phenoxy) is 2. The minimum absolute atomic E-state index is 0.0349. The van der Waals surface area contributed by atoms with E-state index < -0.39 is 16.0 Å². The molecule has 0 aliphatic carbocycles. The van der Waals surface area contributed by atoms with Crippen molar-refractivity contribution in [2.45, 2.75) is 24.6 Å².